The third-order valence-electron chi connectivity index (χ3n) is 4.88. The van der Waals surface area contributed by atoms with Crippen molar-refractivity contribution in [3.63, 3.8) is 0 Å². The van der Waals surface area contributed by atoms with Gasteiger partial charge in [0.2, 0.25) is 0 Å². The Morgan fingerprint density at radius 2 is 2.06 bits per heavy atom. The standard InChI is InChI=1S/C23H24F2N4O2/c1-14(19-8-6-17(24)10-20(19)25)4-9-21(26)15(2)27-23(30)29-11-16-5-7-18(13-31-3)28-22(16)12-29/h4-10H,2,11-13,26H2,1,3H3,(H,27,30)/b14-4+,21-9+. The average molecular weight is 426 g/mol. The van der Waals surface area contributed by atoms with Gasteiger partial charge in [-0.15, -0.1) is 0 Å². The normalized spacial score (nSPS) is 13.9. The second-order valence-electron chi connectivity index (χ2n) is 7.20. The summed E-state index contributed by atoms with van der Waals surface area (Å²) in [7, 11) is 1.60. The van der Waals surface area contributed by atoms with E-state index in [4.69, 9.17) is 10.5 Å². The largest absolute Gasteiger partial charge is 0.397 e. The summed E-state index contributed by atoms with van der Waals surface area (Å²) in [5.41, 5.74) is 9.85. The summed E-state index contributed by atoms with van der Waals surface area (Å²) in [5.74, 6) is -1.31. The molecule has 0 saturated carbocycles. The number of benzene rings is 1. The molecule has 3 rings (SSSR count). The van der Waals surface area contributed by atoms with Crippen LogP contribution in [-0.4, -0.2) is 23.0 Å². The second kappa shape index (κ2) is 9.53. The van der Waals surface area contributed by atoms with Gasteiger partial charge in [0.05, 0.1) is 35.9 Å². The molecule has 2 amide bonds. The average Bonchev–Trinajstić information content (AvgIpc) is 3.15. The molecule has 1 aliphatic heterocycles. The van der Waals surface area contributed by atoms with Crippen molar-refractivity contribution in [3.05, 3.63) is 94.6 Å². The number of carbonyl (C=O) groups excluding carboxylic acids is 1. The molecule has 8 heteroatoms. The number of nitrogens with one attached hydrogen (secondary N) is 1. The predicted octanol–water partition coefficient (Wildman–Crippen LogP) is 3.99. The summed E-state index contributed by atoms with van der Waals surface area (Å²) >= 11 is 0. The zero-order valence-electron chi connectivity index (χ0n) is 17.4. The number of fused-ring (bicyclic) bond motifs is 1. The molecule has 0 saturated heterocycles. The summed E-state index contributed by atoms with van der Waals surface area (Å²) in [6.07, 6.45) is 3.09. The van der Waals surface area contributed by atoms with Crippen molar-refractivity contribution >= 4 is 11.6 Å². The van der Waals surface area contributed by atoms with Crippen molar-refractivity contribution in [2.45, 2.75) is 26.6 Å². The third-order valence-corrected chi connectivity index (χ3v) is 4.88. The van der Waals surface area contributed by atoms with Crippen molar-refractivity contribution in [2.24, 2.45) is 5.73 Å². The van der Waals surface area contributed by atoms with Gasteiger partial charge in [0.1, 0.15) is 11.6 Å². The van der Waals surface area contributed by atoms with Crippen LogP contribution in [0.1, 0.15) is 29.4 Å². The minimum atomic E-state index is -0.663. The molecular weight excluding hydrogens is 402 g/mol. The molecule has 31 heavy (non-hydrogen) atoms. The highest BCUT2D eigenvalue weighted by molar-refractivity contribution is 5.77. The quantitative estimate of drug-likeness (QED) is 0.685. The highest BCUT2D eigenvalue weighted by Gasteiger charge is 2.25. The summed E-state index contributed by atoms with van der Waals surface area (Å²) in [6.45, 7) is 6.69. The molecule has 0 aliphatic carbocycles. The van der Waals surface area contributed by atoms with Crippen LogP contribution in [-0.2, 0) is 24.4 Å². The van der Waals surface area contributed by atoms with Crippen molar-refractivity contribution < 1.29 is 18.3 Å². The maximum atomic E-state index is 13.9. The van der Waals surface area contributed by atoms with E-state index in [1.54, 1.807) is 25.0 Å². The number of ether oxygens (including phenoxy) is 1. The Hall–Kier alpha value is -3.52. The number of nitrogens with two attached hydrogens (primary N) is 1. The van der Waals surface area contributed by atoms with Gasteiger partial charge >= 0.3 is 6.03 Å². The van der Waals surface area contributed by atoms with Gasteiger partial charge in [0, 0.05) is 25.3 Å². The second-order valence-corrected chi connectivity index (χ2v) is 7.20. The third kappa shape index (κ3) is 5.35. The number of urea groups is 1. The number of rotatable bonds is 6. The zero-order chi connectivity index (χ0) is 22.5. The van der Waals surface area contributed by atoms with Crippen LogP contribution in [0.15, 0.2) is 60.5 Å². The molecular formula is C23H24F2N4O2. The van der Waals surface area contributed by atoms with E-state index in [9.17, 15) is 13.6 Å². The number of pyridine rings is 1. The molecule has 2 aromatic rings. The minimum Gasteiger partial charge on any atom is -0.397 e. The van der Waals surface area contributed by atoms with Crippen molar-refractivity contribution in [2.75, 3.05) is 7.11 Å². The summed E-state index contributed by atoms with van der Waals surface area (Å²) in [5, 5.41) is 2.67. The first-order valence-electron chi connectivity index (χ1n) is 9.59. The Kier molecular flexibility index (Phi) is 6.81. The Bertz CT molecular complexity index is 1080. The first-order chi connectivity index (χ1) is 14.8. The van der Waals surface area contributed by atoms with Gasteiger partial charge in [-0.3, -0.25) is 4.98 Å². The van der Waals surface area contributed by atoms with Crippen molar-refractivity contribution in [1.82, 2.24) is 15.2 Å². The molecule has 3 N–H and O–H groups in total. The molecule has 0 atom stereocenters. The lowest BCUT2D eigenvalue weighted by molar-refractivity contribution is 0.181. The zero-order valence-corrected chi connectivity index (χ0v) is 17.4. The Labute approximate surface area is 179 Å². The van der Waals surface area contributed by atoms with Crippen LogP contribution < -0.4 is 11.1 Å². The fraction of sp³-hybridized carbons (Fsp3) is 0.217. The van der Waals surface area contributed by atoms with E-state index in [0.29, 0.717) is 25.3 Å². The molecule has 2 heterocycles. The molecule has 6 nitrogen and oxygen atoms in total. The van der Waals surface area contributed by atoms with Crippen LogP contribution in [0.3, 0.4) is 0 Å². The lowest BCUT2D eigenvalue weighted by Gasteiger charge is -2.17. The van der Waals surface area contributed by atoms with Crippen LogP contribution >= 0.6 is 0 Å². The fourth-order valence-corrected chi connectivity index (χ4v) is 3.17. The topological polar surface area (TPSA) is 80.5 Å². The number of allylic oxidation sites excluding steroid dienone is 3. The first kappa shape index (κ1) is 22.2. The van der Waals surface area contributed by atoms with Gasteiger partial charge < -0.3 is 20.7 Å². The predicted molar refractivity (Wildman–Crippen MR) is 114 cm³/mol. The number of aromatic nitrogens is 1. The monoisotopic (exact) mass is 426 g/mol. The lowest BCUT2D eigenvalue weighted by Crippen LogP contribution is -2.36. The van der Waals surface area contributed by atoms with Crippen LogP contribution in [0.4, 0.5) is 13.6 Å². The van der Waals surface area contributed by atoms with Crippen LogP contribution in [0, 0.1) is 11.6 Å². The van der Waals surface area contributed by atoms with E-state index < -0.39 is 11.6 Å². The van der Waals surface area contributed by atoms with Gasteiger partial charge in [0.15, 0.2) is 0 Å². The lowest BCUT2D eigenvalue weighted by atomic mass is 10.1. The minimum absolute atomic E-state index is 0.215. The maximum absolute atomic E-state index is 13.9. The molecule has 1 aliphatic rings. The van der Waals surface area contributed by atoms with E-state index in [1.165, 1.54) is 18.2 Å². The summed E-state index contributed by atoms with van der Waals surface area (Å²) < 4.78 is 32.0. The van der Waals surface area contributed by atoms with Gasteiger partial charge in [-0.2, -0.15) is 0 Å². The van der Waals surface area contributed by atoms with Gasteiger partial charge in [-0.25, -0.2) is 13.6 Å². The Morgan fingerprint density at radius 1 is 1.29 bits per heavy atom. The molecule has 0 fully saturated rings. The van der Waals surface area contributed by atoms with Crippen LogP contribution in [0.2, 0.25) is 0 Å². The highest BCUT2D eigenvalue weighted by Crippen LogP contribution is 2.22. The molecule has 1 aromatic carbocycles. The molecule has 1 aromatic heterocycles. The number of amides is 2. The van der Waals surface area contributed by atoms with E-state index in [0.717, 1.165) is 23.0 Å². The molecule has 0 unspecified atom stereocenters. The van der Waals surface area contributed by atoms with Crippen molar-refractivity contribution in [1.29, 1.82) is 0 Å². The number of carbonyl (C=O) groups is 1. The smallest absolute Gasteiger partial charge is 0.322 e. The van der Waals surface area contributed by atoms with Crippen LogP contribution in [0.25, 0.3) is 5.57 Å². The van der Waals surface area contributed by atoms with Crippen molar-refractivity contribution in [3.8, 4) is 0 Å². The number of halogens is 2. The molecule has 0 bridgehead atoms. The maximum Gasteiger partial charge on any atom is 0.322 e. The summed E-state index contributed by atoms with van der Waals surface area (Å²) in [6, 6.07) is 6.83. The number of hydrogen-bond acceptors (Lipinski definition) is 4. The van der Waals surface area contributed by atoms with E-state index >= 15 is 0 Å². The van der Waals surface area contributed by atoms with Gasteiger partial charge in [-0.1, -0.05) is 18.7 Å². The fourth-order valence-electron chi connectivity index (χ4n) is 3.17. The van der Waals surface area contributed by atoms with Crippen LogP contribution in [0.5, 0.6) is 0 Å². The first-order valence-corrected chi connectivity index (χ1v) is 9.59. The Balaban J connectivity index is 1.62. The van der Waals surface area contributed by atoms with Gasteiger partial charge in [-0.05, 0) is 42.3 Å². The highest BCUT2D eigenvalue weighted by atomic mass is 19.1. The summed E-state index contributed by atoms with van der Waals surface area (Å²) in [4.78, 5) is 18.7. The Morgan fingerprint density at radius 3 is 2.77 bits per heavy atom. The number of hydrogen-bond donors (Lipinski definition) is 2. The molecule has 0 radical (unpaired) electrons. The number of methoxy groups -OCH3 is 1. The van der Waals surface area contributed by atoms with E-state index in [2.05, 4.69) is 16.9 Å². The number of nitrogens with zero attached hydrogens (tertiary/aromatic N) is 2. The van der Waals surface area contributed by atoms with E-state index in [-0.39, 0.29) is 23.0 Å². The SMILES string of the molecule is C=C(NC(=O)N1Cc2ccc(COC)nc2C1)/C(N)=C\C=C(/C)c1ccc(F)cc1F. The molecule has 162 valence electrons. The molecule has 0 spiro atoms. The van der Waals surface area contributed by atoms with E-state index in [1.807, 2.05) is 12.1 Å². The van der Waals surface area contributed by atoms with Gasteiger partial charge in [0.25, 0.3) is 0 Å².